The van der Waals surface area contributed by atoms with Crippen LogP contribution >= 0.6 is 23.4 Å². The van der Waals surface area contributed by atoms with Crippen LogP contribution in [0.15, 0.2) is 53.6 Å². The van der Waals surface area contributed by atoms with E-state index in [1.807, 2.05) is 30.3 Å². The second kappa shape index (κ2) is 11.9. The lowest BCUT2D eigenvalue weighted by Crippen LogP contribution is -2.43. The van der Waals surface area contributed by atoms with Crippen molar-refractivity contribution >= 4 is 34.3 Å². The van der Waals surface area contributed by atoms with Gasteiger partial charge < -0.3 is 19.8 Å². The number of hydrogen-bond donors (Lipinski definition) is 2. The maximum absolute atomic E-state index is 13.1. The molecule has 35 heavy (non-hydrogen) atoms. The van der Waals surface area contributed by atoms with E-state index in [1.54, 1.807) is 25.1 Å². The Balaban J connectivity index is 1.33. The molecule has 1 atom stereocenters. The van der Waals surface area contributed by atoms with E-state index in [4.69, 9.17) is 16.3 Å². The number of methoxy groups -OCH3 is 1. The number of nitrogens with zero attached hydrogens (tertiary/aromatic N) is 2. The van der Waals surface area contributed by atoms with E-state index in [2.05, 4.69) is 9.88 Å². The Hall–Kier alpha value is -1.90. The van der Waals surface area contributed by atoms with Gasteiger partial charge in [0.25, 0.3) is 0 Å². The fourth-order valence-electron chi connectivity index (χ4n) is 4.78. The number of hydrogen-bond acceptors (Lipinski definition) is 6. The fourth-order valence-corrected chi connectivity index (χ4v) is 5.97. The van der Waals surface area contributed by atoms with E-state index in [0.717, 1.165) is 54.0 Å². The zero-order chi connectivity index (χ0) is 24.8. The molecule has 1 fully saturated rings. The maximum atomic E-state index is 13.1. The van der Waals surface area contributed by atoms with E-state index in [0.29, 0.717) is 29.2 Å². The minimum absolute atomic E-state index is 0.108. The van der Waals surface area contributed by atoms with Crippen molar-refractivity contribution in [3.05, 3.63) is 65.1 Å². The van der Waals surface area contributed by atoms with Crippen LogP contribution in [-0.4, -0.2) is 59.2 Å². The van der Waals surface area contributed by atoms with Gasteiger partial charge in [0.15, 0.2) is 0 Å². The molecule has 2 aromatic carbocycles. The number of halogens is 2. The number of rotatable bonds is 10. The highest BCUT2D eigenvalue weighted by atomic mass is 35.5. The number of benzene rings is 2. The van der Waals surface area contributed by atoms with E-state index in [9.17, 15) is 14.6 Å². The molecule has 3 aromatic rings. The third-order valence-electron chi connectivity index (χ3n) is 7.09. The second-order valence-corrected chi connectivity index (χ2v) is 10.8. The van der Waals surface area contributed by atoms with Gasteiger partial charge in [0, 0.05) is 40.9 Å². The average Bonchev–Trinajstić information content (AvgIpc) is 2.89. The monoisotopic (exact) mass is 518 g/mol. The summed E-state index contributed by atoms with van der Waals surface area (Å²) in [5.41, 5.74) is 1.22. The fraction of sp³-hybridized carbons (Fsp3) is 0.444. The minimum atomic E-state index is -0.756. The van der Waals surface area contributed by atoms with Gasteiger partial charge in [0.1, 0.15) is 11.6 Å². The van der Waals surface area contributed by atoms with Crippen LogP contribution in [0.3, 0.4) is 0 Å². The van der Waals surface area contributed by atoms with Crippen LogP contribution in [0.5, 0.6) is 5.75 Å². The van der Waals surface area contributed by atoms with Gasteiger partial charge in [0.2, 0.25) is 0 Å². The molecule has 1 aromatic heterocycles. The normalized spacial score (nSPS) is 16.9. The van der Waals surface area contributed by atoms with Crippen molar-refractivity contribution in [2.45, 2.75) is 36.7 Å². The first kappa shape index (κ1) is 26.2. The number of fused-ring (bicyclic) bond motifs is 1. The molecule has 0 bridgehead atoms. The quantitative estimate of drug-likeness (QED) is 0.335. The second-order valence-electron chi connectivity index (χ2n) is 9.26. The number of aliphatic hydroxyl groups excluding tert-OH is 2. The minimum Gasteiger partial charge on any atom is -0.497 e. The van der Waals surface area contributed by atoms with Crippen molar-refractivity contribution < 1.29 is 19.3 Å². The smallest absolute Gasteiger partial charge is 0.123 e. The molecule has 2 heterocycles. The van der Waals surface area contributed by atoms with Crippen molar-refractivity contribution in [2.24, 2.45) is 5.41 Å². The molecule has 5 nitrogen and oxygen atoms in total. The number of aliphatic hydroxyl groups is 2. The summed E-state index contributed by atoms with van der Waals surface area (Å²) in [5, 5.41) is 22.6. The molecular formula is C27H32ClFN2O3S. The highest BCUT2D eigenvalue weighted by molar-refractivity contribution is 7.99. The van der Waals surface area contributed by atoms with Crippen LogP contribution in [0.25, 0.3) is 10.9 Å². The first-order valence-corrected chi connectivity index (χ1v) is 13.3. The molecule has 188 valence electrons. The standard InChI is InChI=1S/C27H32ClFN2O3S/c1-34-20-4-7-24-22(16-20)26(23(28)17-30-24)25(33)8-9-27(18-32)10-12-31(13-11-27)14-15-35-21-5-2-19(29)3-6-21/h2-7,16-17,25,32-33H,8-15,18H2,1H3. The molecule has 8 heteroatoms. The number of piperidine rings is 1. The summed E-state index contributed by atoms with van der Waals surface area (Å²) in [7, 11) is 1.61. The van der Waals surface area contributed by atoms with Gasteiger partial charge in [-0.15, -0.1) is 11.8 Å². The first-order valence-electron chi connectivity index (χ1n) is 11.9. The first-order chi connectivity index (χ1) is 16.9. The molecule has 4 rings (SSSR count). The molecule has 0 saturated carbocycles. The predicted molar refractivity (Wildman–Crippen MR) is 140 cm³/mol. The van der Waals surface area contributed by atoms with Crippen molar-refractivity contribution in [1.82, 2.24) is 9.88 Å². The molecule has 0 aliphatic carbocycles. The van der Waals surface area contributed by atoms with Crippen molar-refractivity contribution in [3.8, 4) is 5.75 Å². The molecule has 1 aliphatic heterocycles. The zero-order valence-electron chi connectivity index (χ0n) is 19.9. The Labute approximate surface area is 215 Å². The Morgan fingerprint density at radius 1 is 1.20 bits per heavy atom. The van der Waals surface area contributed by atoms with Crippen LogP contribution in [-0.2, 0) is 0 Å². The lowest BCUT2D eigenvalue weighted by Gasteiger charge is -2.41. The van der Waals surface area contributed by atoms with Gasteiger partial charge in [-0.05, 0) is 86.7 Å². The summed E-state index contributed by atoms with van der Waals surface area (Å²) in [4.78, 5) is 7.86. The van der Waals surface area contributed by atoms with Gasteiger partial charge >= 0.3 is 0 Å². The molecule has 2 N–H and O–H groups in total. The Morgan fingerprint density at radius 3 is 2.63 bits per heavy atom. The third-order valence-corrected chi connectivity index (χ3v) is 8.38. The number of aromatic nitrogens is 1. The third kappa shape index (κ3) is 6.46. The lowest BCUT2D eigenvalue weighted by molar-refractivity contribution is 0.0254. The van der Waals surface area contributed by atoms with Gasteiger partial charge in [-0.1, -0.05) is 11.6 Å². The van der Waals surface area contributed by atoms with E-state index in [1.165, 1.54) is 12.1 Å². The predicted octanol–water partition coefficient (Wildman–Crippen LogP) is 5.72. The Morgan fingerprint density at radius 2 is 1.94 bits per heavy atom. The van der Waals surface area contributed by atoms with Gasteiger partial charge in [-0.3, -0.25) is 4.98 Å². The van der Waals surface area contributed by atoms with Gasteiger partial charge in [-0.2, -0.15) is 0 Å². The summed E-state index contributed by atoms with van der Waals surface area (Å²) in [6.07, 6.45) is 3.82. The maximum Gasteiger partial charge on any atom is 0.123 e. The van der Waals surface area contributed by atoms with Crippen LogP contribution < -0.4 is 4.74 Å². The summed E-state index contributed by atoms with van der Waals surface area (Å²) >= 11 is 8.19. The van der Waals surface area contributed by atoms with Crippen LogP contribution in [0.4, 0.5) is 4.39 Å². The number of thioether (sulfide) groups is 1. The van der Waals surface area contributed by atoms with E-state index >= 15 is 0 Å². The van der Waals surface area contributed by atoms with Crippen molar-refractivity contribution in [2.75, 3.05) is 39.1 Å². The molecule has 0 spiro atoms. The van der Waals surface area contributed by atoms with Crippen LogP contribution in [0.2, 0.25) is 5.02 Å². The molecule has 0 amide bonds. The molecule has 1 saturated heterocycles. The number of likely N-dealkylation sites (tertiary alicyclic amines) is 1. The SMILES string of the molecule is COc1ccc2ncc(Cl)c(C(O)CCC3(CO)CCN(CCSc4ccc(F)cc4)CC3)c2c1. The van der Waals surface area contributed by atoms with Crippen LogP contribution in [0, 0.1) is 11.2 Å². The summed E-state index contributed by atoms with van der Waals surface area (Å²) in [5.74, 6) is 1.41. The summed E-state index contributed by atoms with van der Waals surface area (Å²) in [6, 6.07) is 12.2. The average molecular weight is 519 g/mol. The molecular weight excluding hydrogens is 487 g/mol. The molecule has 1 aliphatic rings. The van der Waals surface area contributed by atoms with Gasteiger partial charge in [-0.25, -0.2) is 4.39 Å². The number of pyridine rings is 1. The van der Waals surface area contributed by atoms with Crippen LogP contribution in [0.1, 0.15) is 37.4 Å². The highest BCUT2D eigenvalue weighted by Crippen LogP contribution is 2.40. The van der Waals surface area contributed by atoms with Crippen molar-refractivity contribution in [1.29, 1.82) is 0 Å². The topological polar surface area (TPSA) is 65.8 Å². The lowest BCUT2D eigenvalue weighted by atomic mass is 9.74. The van der Waals surface area contributed by atoms with Crippen molar-refractivity contribution in [3.63, 3.8) is 0 Å². The number of ether oxygens (including phenoxy) is 1. The zero-order valence-corrected chi connectivity index (χ0v) is 21.5. The van der Waals surface area contributed by atoms with Gasteiger partial charge in [0.05, 0.1) is 23.8 Å². The Bertz CT molecular complexity index is 1120. The highest BCUT2D eigenvalue weighted by Gasteiger charge is 2.34. The Kier molecular flexibility index (Phi) is 8.89. The molecule has 0 radical (unpaired) electrons. The van der Waals surface area contributed by atoms with E-state index in [-0.39, 0.29) is 17.8 Å². The largest absolute Gasteiger partial charge is 0.497 e. The van der Waals surface area contributed by atoms with E-state index < -0.39 is 6.10 Å². The molecule has 1 unspecified atom stereocenters. The summed E-state index contributed by atoms with van der Waals surface area (Å²) < 4.78 is 18.4. The summed E-state index contributed by atoms with van der Waals surface area (Å²) in [6.45, 7) is 2.89.